The van der Waals surface area contributed by atoms with Crippen LogP contribution in [0.5, 0.6) is 0 Å². The summed E-state index contributed by atoms with van der Waals surface area (Å²) >= 11 is 0. The summed E-state index contributed by atoms with van der Waals surface area (Å²) in [7, 11) is -3.63. The first kappa shape index (κ1) is 18.1. The van der Waals surface area contributed by atoms with Crippen molar-refractivity contribution in [1.29, 1.82) is 0 Å². The van der Waals surface area contributed by atoms with Gasteiger partial charge in [-0.3, -0.25) is 4.99 Å². The number of nitrogens with one attached hydrogen (secondary N) is 1. The highest BCUT2D eigenvalue weighted by atomic mass is 32.2. The number of nitrogens with zero attached hydrogens (tertiary/aromatic N) is 2. The normalized spacial score (nSPS) is 21.9. The first-order valence-corrected chi connectivity index (χ1v) is 10.4. The van der Waals surface area contributed by atoms with E-state index in [1.165, 1.54) is 0 Å². The summed E-state index contributed by atoms with van der Waals surface area (Å²) in [5.41, 5.74) is 9.98. The van der Waals surface area contributed by atoms with Crippen LogP contribution < -0.4 is 10.5 Å². The molecule has 1 aliphatic heterocycles. The third-order valence-corrected chi connectivity index (χ3v) is 6.67. The Labute approximate surface area is 158 Å². The SMILES string of the molecule is Cc1cc(S(=O)(=O)N[C@@H]2CC[C@H](O)C2)ccc1-c1ccc2c(n1)C(N)=NC2. The summed E-state index contributed by atoms with van der Waals surface area (Å²) in [5, 5.41) is 9.60. The number of pyridine rings is 1. The average Bonchev–Trinajstić information content (AvgIpc) is 3.20. The number of hydrogen-bond donors (Lipinski definition) is 3. The predicted octanol–water partition coefficient (Wildman–Crippen LogP) is 1.47. The molecule has 4 N–H and O–H groups in total. The van der Waals surface area contributed by atoms with Crippen molar-refractivity contribution in [1.82, 2.24) is 9.71 Å². The Hall–Kier alpha value is -2.29. The Bertz CT molecular complexity index is 1030. The van der Waals surface area contributed by atoms with Crippen LogP contribution >= 0.6 is 0 Å². The zero-order valence-corrected chi connectivity index (χ0v) is 15.8. The van der Waals surface area contributed by atoms with Crippen molar-refractivity contribution in [3.8, 4) is 11.3 Å². The largest absolute Gasteiger partial charge is 0.393 e. The molecule has 0 saturated heterocycles. The van der Waals surface area contributed by atoms with Crippen molar-refractivity contribution in [3.05, 3.63) is 47.2 Å². The molecule has 1 fully saturated rings. The second-order valence-corrected chi connectivity index (χ2v) is 8.88. The third kappa shape index (κ3) is 3.47. The molecule has 7 nitrogen and oxygen atoms in total. The number of aliphatic imine (C=N–C) groups is 1. The number of benzene rings is 1. The molecule has 4 rings (SSSR count). The number of aromatic nitrogens is 1. The van der Waals surface area contributed by atoms with Crippen LogP contribution in [0, 0.1) is 6.92 Å². The van der Waals surface area contributed by atoms with E-state index in [-0.39, 0.29) is 10.9 Å². The number of nitrogens with two attached hydrogens (primary N) is 1. The lowest BCUT2D eigenvalue weighted by Gasteiger charge is -2.14. The van der Waals surface area contributed by atoms with Crippen molar-refractivity contribution in [2.24, 2.45) is 10.7 Å². The highest BCUT2D eigenvalue weighted by Gasteiger charge is 2.28. The van der Waals surface area contributed by atoms with E-state index in [1.54, 1.807) is 18.2 Å². The fourth-order valence-electron chi connectivity index (χ4n) is 3.68. The van der Waals surface area contributed by atoms with Gasteiger partial charge in [-0.25, -0.2) is 18.1 Å². The minimum Gasteiger partial charge on any atom is -0.393 e. The van der Waals surface area contributed by atoms with E-state index >= 15 is 0 Å². The number of aryl methyl sites for hydroxylation is 1. The number of fused-ring (bicyclic) bond motifs is 1. The van der Waals surface area contributed by atoms with Crippen LogP contribution in [0.4, 0.5) is 0 Å². The summed E-state index contributed by atoms with van der Waals surface area (Å²) in [6.07, 6.45) is 1.31. The van der Waals surface area contributed by atoms with Gasteiger partial charge in [0.25, 0.3) is 0 Å². The van der Waals surface area contributed by atoms with Gasteiger partial charge < -0.3 is 10.8 Å². The molecule has 8 heteroatoms. The van der Waals surface area contributed by atoms with Crippen molar-refractivity contribution in [3.63, 3.8) is 0 Å². The average molecular weight is 386 g/mol. The predicted molar refractivity (Wildman–Crippen MR) is 103 cm³/mol. The molecule has 2 atom stereocenters. The molecule has 27 heavy (non-hydrogen) atoms. The maximum Gasteiger partial charge on any atom is 0.240 e. The molecule has 0 radical (unpaired) electrons. The molecular weight excluding hydrogens is 364 g/mol. The number of hydrogen-bond acceptors (Lipinski definition) is 6. The number of sulfonamides is 1. The van der Waals surface area contributed by atoms with Crippen LogP contribution in [-0.4, -0.2) is 36.5 Å². The smallest absolute Gasteiger partial charge is 0.240 e. The second-order valence-electron chi connectivity index (χ2n) is 7.17. The van der Waals surface area contributed by atoms with Crippen molar-refractivity contribution in [2.45, 2.75) is 49.8 Å². The first-order valence-electron chi connectivity index (χ1n) is 8.95. The van der Waals surface area contributed by atoms with E-state index in [9.17, 15) is 13.5 Å². The Morgan fingerprint density at radius 3 is 2.74 bits per heavy atom. The fraction of sp³-hybridized carbons (Fsp3) is 0.368. The number of aliphatic hydroxyl groups is 1. The molecule has 1 aliphatic carbocycles. The van der Waals surface area contributed by atoms with Gasteiger partial charge in [0.2, 0.25) is 10.0 Å². The Balaban J connectivity index is 1.61. The first-order chi connectivity index (χ1) is 12.8. The van der Waals surface area contributed by atoms with Gasteiger partial charge in [0, 0.05) is 17.2 Å². The summed E-state index contributed by atoms with van der Waals surface area (Å²) in [6.45, 7) is 2.41. The summed E-state index contributed by atoms with van der Waals surface area (Å²) in [6, 6.07) is 8.65. The van der Waals surface area contributed by atoms with Crippen molar-refractivity contribution < 1.29 is 13.5 Å². The second kappa shape index (κ2) is 6.70. The molecule has 2 aliphatic rings. The van der Waals surface area contributed by atoms with Gasteiger partial charge in [-0.1, -0.05) is 12.1 Å². The minimum atomic E-state index is -3.63. The summed E-state index contributed by atoms with van der Waals surface area (Å²) in [5.74, 6) is 0.437. The van der Waals surface area contributed by atoms with Crippen LogP contribution in [0.3, 0.4) is 0 Å². The van der Waals surface area contributed by atoms with Crippen LogP contribution in [0.25, 0.3) is 11.3 Å². The topological polar surface area (TPSA) is 118 Å². The van der Waals surface area contributed by atoms with Gasteiger partial charge in [0.15, 0.2) is 0 Å². The van der Waals surface area contributed by atoms with Crippen molar-refractivity contribution >= 4 is 15.9 Å². The molecule has 2 heterocycles. The van der Waals surface area contributed by atoms with Crippen LogP contribution in [0.2, 0.25) is 0 Å². The van der Waals surface area contributed by atoms with Gasteiger partial charge >= 0.3 is 0 Å². The molecule has 142 valence electrons. The zero-order valence-electron chi connectivity index (χ0n) is 15.0. The summed E-state index contributed by atoms with van der Waals surface area (Å²) < 4.78 is 28.0. The molecule has 1 saturated carbocycles. The highest BCUT2D eigenvalue weighted by molar-refractivity contribution is 7.89. The molecule has 1 aromatic heterocycles. The minimum absolute atomic E-state index is 0.215. The molecular formula is C19H22N4O3S. The van der Waals surface area contributed by atoms with Gasteiger partial charge in [-0.15, -0.1) is 0 Å². The van der Waals surface area contributed by atoms with E-state index < -0.39 is 16.1 Å². The molecule has 2 aromatic rings. The van der Waals surface area contributed by atoms with E-state index in [4.69, 9.17) is 5.73 Å². The van der Waals surface area contributed by atoms with E-state index in [0.29, 0.717) is 37.3 Å². The number of aliphatic hydroxyl groups excluding tert-OH is 1. The molecule has 0 amide bonds. The van der Waals surface area contributed by atoms with Crippen LogP contribution in [-0.2, 0) is 16.6 Å². The molecule has 0 spiro atoms. The third-order valence-electron chi connectivity index (χ3n) is 5.15. The lowest BCUT2D eigenvalue weighted by atomic mass is 10.0. The highest BCUT2D eigenvalue weighted by Crippen LogP contribution is 2.28. The fourth-order valence-corrected chi connectivity index (χ4v) is 5.04. The molecule has 0 bridgehead atoms. The van der Waals surface area contributed by atoms with E-state index in [2.05, 4.69) is 14.7 Å². The van der Waals surface area contributed by atoms with Crippen LogP contribution in [0.1, 0.15) is 36.1 Å². The van der Waals surface area contributed by atoms with Gasteiger partial charge in [-0.05, 0) is 49.9 Å². The zero-order chi connectivity index (χ0) is 19.2. The number of amidine groups is 1. The summed E-state index contributed by atoms with van der Waals surface area (Å²) in [4.78, 5) is 9.00. The monoisotopic (exact) mass is 386 g/mol. The van der Waals surface area contributed by atoms with E-state index in [0.717, 1.165) is 22.4 Å². The van der Waals surface area contributed by atoms with Gasteiger partial charge in [-0.2, -0.15) is 0 Å². The van der Waals surface area contributed by atoms with Gasteiger partial charge in [0.05, 0.1) is 23.2 Å². The quantitative estimate of drug-likeness (QED) is 0.735. The molecule has 1 aromatic carbocycles. The molecule has 0 unspecified atom stereocenters. The standard InChI is InChI=1S/C19H22N4O3S/c1-11-8-15(27(25,26)23-13-3-4-14(24)9-13)5-6-16(11)17-7-2-12-10-21-19(20)18(12)22-17/h2,5-8,13-14,23-24H,3-4,9-10H2,1H3,(H2,20,21)/t13-,14+/m1/s1. The lowest BCUT2D eigenvalue weighted by molar-refractivity contribution is 0.181. The van der Waals surface area contributed by atoms with Crippen molar-refractivity contribution in [2.75, 3.05) is 0 Å². The van der Waals surface area contributed by atoms with Gasteiger partial charge in [0.1, 0.15) is 11.5 Å². The van der Waals surface area contributed by atoms with E-state index in [1.807, 2.05) is 19.1 Å². The maximum atomic E-state index is 12.7. The number of rotatable bonds is 4. The Morgan fingerprint density at radius 1 is 1.22 bits per heavy atom. The maximum absolute atomic E-state index is 12.7. The Morgan fingerprint density at radius 2 is 2.04 bits per heavy atom. The lowest BCUT2D eigenvalue weighted by Crippen LogP contribution is -2.33. The van der Waals surface area contributed by atoms with Crippen LogP contribution in [0.15, 0.2) is 40.2 Å². The Kier molecular flexibility index (Phi) is 4.49.